The van der Waals surface area contributed by atoms with Crippen molar-refractivity contribution in [1.82, 2.24) is 9.80 Å². The van der Waals surface area contributed by atoms with Gasteiger partial charge in [0, 0.05) is 25.7 Å². The van der Waals surface area contributed by atoms with Gasteiger partial charge in [0.1, 0.15) is 6.61 Å². The van der Waals surface area contributed by atoms with Crippen molar-refractivity contribution in [2.75, 3.05) is 26.7 Å². The van der Waals surface area contributed by atoms with Crippen LogP contribution in [0.3, 0.4) is 0 Å². The highest BCUT2D eigenvalue weighted by Gasteiger charge is 2.33. The third kappa shape index (κ3) is 3.58. The number of benzene rings is 1. The van der Waals surface area contributed by atoms with Gasteiger partial charge in [-0.05, 0) is 12.6 Å². The van der Waals surface area contributed by atoms with Gasteiger partial charge in [-0.15, -0.1) is 6.58 Å². The molecule has 1 aliphatic heterocycles. The van der Waals surface area contributed by atoms with E-state index < -0.39 is 0 Å². The molecule has 0 unspecified atom stereocenters. The Hall–Kier alpha value is -1.81. The summed E-state index contributed by atoms with van der Waals surface area (Å²) < 4.78 is 5.27. The maximum atomic E-state index is 11.8. The van der Waals surface area contributed by atoms with Crippen LogP contribution in [0.15, 0.2) is 43.0 Å². The SMILES string of the molecule is C=CCN(C)C1CN(C(=O)OCc2ccccc2)C1. The van der Waals surface area contributed by atoms with Gasteiger partial charge < -0.3 is 9.64 Å². The zero-order valence-corrected chi connectivity index (χ0v) is 11.3. The Balaban J connectivity index is 1.70. The van der Waals surface area contributed by atoms with E-state index in [-0.39, 0.29) is 6.09 Å². The maximum Gasteiger partial charge on any atom is 0.410 e. The molecule has 0 saturated carbocycles. The van der Waals surface area contributed by atoms with Gasteiger partial charge in [0.15, 0.2) is 0 Å². The number of likely N-dealkylation sites (N-methyl/N-ethyl adjacent to an activating group) is 1. The molecule has 1 aromatic rings. The lowest BCUT2D eigenvalue weighted by Gasteiger charge is -2.42. The van der Waals surface area contributed by atoms with Crippen molar-refractivity contribution in [3.8, 4) is 0 Å². The first kappa shape index (κ1) is 13.6. The maximum absolute atomic E-state index is 11.8. The number of ether oxygens (including phenoxy) is 1. The van der Waals surface area contributed by atoms with Gasteiger partial charge in [-0.25, -0.2) is 4.79 Å². The smallest absolute Gasteiger partial charge is 0.410 e. The molecule has 1 aromatic carbocycles. The summed E-state index contributed by atoms with van der Waals surface area (Å²) in [5.74, 6) is 0. The Morgan fingerprint density at radius 1 is 1.47 bits per heavy atom. The fourth-order valence-electron chi connectivity index (χ4n) is 2.05. The summed E-state index contributed by atoms with van der Waals surface area (Å²) in [5, 5.41) is 0. The molecule has 1 amide bonds. The van der Waals surface area contributed by atoms with Crippen molar-refractivity contribution in [3.63, 3.8) is 0 Å². The number of nitrogens with zero attached hydrogens (tertiary/aromatic N) is 2. The molecule has 0 radical (unpaired) electrons. The largest absolute Gasteiger partial charge is 0.445 e. The highest BCUT2D eigenvalue weighted by Crippen LogP contribution is 2.15. The Morgan fingerprint density at radius 2 is 2.16 bits per heavy atom. The minimum absolute atomic E-state index is 0.230. The molecule has 19 heavy (non-hydrogen) atoms. The summed E-state index contributed by atoms with van der Waals surface area (Å²) in [6, 6.07) is 10.1. The second-order valence-corrected chi connectivity index (χ2v) is 4.83. The monoisotopic (exact) mass is 260 g/mol. The highest BCUT2D eigenvalue weighted by atomic mass is 16.6. The van der Waals surface area contributed by atoms with Crippen LogP contribution in [0.4, 0.5) is 4.79 Å². The van der Waals surface area contributed by atoms with E-state index >= 15 is 0 Å². The van der Waals surface area contributed by atoms with E-state index in [1.54, 1.807) is 4.90 Å². The Labute approximate surface area is 114 Å². The molecule has 0 atom stereocenters. The quantitative estimate of drug-likeness (QED) is 0.760. The number of likely N-dealkylation sites (tertiary alicyclic amines) is 1. The average molecular weight is 260 g/mol. The minimum Gasteiger partial charge on any atom is -0.445 e. The molecule has 0 aromatic heterocycles. The molecule has 1 saturated heterocycles. The van der Waals surface area contributed by atoms with Crippen LogP contribution in [0.1, 0.15) is 5.56 Å². The lowest BCUT2D eigenvalue weighted by Crippen LogP contribution is -2.60. The number of amides is 1. The van der Waals surface area contributed by atoms with E-state index in [0.717, 1.165) is 25.2 Å². The molecule has 4 nitrogen and oxygen atoms in total. The van der Waals surface area contributed by atoms with Crippen molar-refractivity contribution in [2.45, 2.75) is 12.6 Å². The molecule has 0 aliphatic carbocycles. The third-order valence-electron chi connectivity index (χ3n) is 3.37. The first-order chi connectivity index (χ1) is 9.20. The van der Waals surface area contributed by atoms with Crippen LogP contribution < -0.4 is 0 Å². The van der Waals surface area contributed by atoms with Gasteiger partial charge >= 0.3 is 6.09 Å². The lowest BCUT2D eigenvalue weighted by atomic mass is 10.1. The van der Waals surface area contributed by atoms with Gasteiger partial charge in [0.25, 0.3) is 0 Å². The number of carbonyl (C=O) groups excluding carboxylic acids is 1. The first-order valence-electron chi connectivity index (χ1n) is 6.47. The van der Waals surface area contributed by atoms with Crippen molar-refractivity contribution in [3.05, 3.63) is 48.6 Å². The summed E-state index contributed by atoms with van der Waals surface area (Å²) in [6.45, 7) is 6.36. The van der Waals surface area contributed by atoms with Crippen LogP contribution in [0.2, 0.25) is 0 Å². The number of carbonyl (C=O) groups is 1. The van der Waals surface area contributed by atoms with Crippen LogP contribution in [-0.2, 0) is 11.3 Å². The van der Waals surface area contributed by atoms with E-state index in [1.165, 1.54) is 0 Å². The van der Waals surface area contributed by atoms with Gasteiger partial charge in [-0.1, -0.05) is 36.4 Å². The van der Waals surface area contributed by atoms with E-state index in [4.69, 9.17) is 4.74 Å². The standard InChI is InChI=1S/C15H20N2O2/c1-3-9-16(2)14-10-17(11-14)15(18)19-12-13-7-5-4-6-8-13/h3-8,14H,1,9-12H2,2H3. The summed E-state index contributed by atoms with van der Waals surface area (Å²) in [5.41, 5.74) is 1.01. The minimum atomic E-state index is -0.230. The molecule has 0 N–H and O–H groups in total. The van der Waals surface area contributed by atoms with Crippen molar-refractivity contribution >= 4 is 6.09 Å². The van der Waals surface area contributed by atoms with E-state index in [0.29, 0.717) is 12.6 Å². The van der Waals surface area contributed by atoms with Crippen LogP contribution in [-0.4, -0.2) is 48.6 Å². The summed E-state index contributed by atoms with van der Waals surface area (Å²) in [7, 11) is 2.04. The normalized spacial score (nSPS) is 15.2. The molecule has 1 aliphatic rings. The van der Waals surface area contributed by atoms with E-state index in [1.807, 2.05) is 43.5 Å². The molecule has 2 rings (SSSR count). The Kier molecular flexibility index (Phi) is 4.58. The topological polar surface area (TPSA) is 32.8 Å². The van der Waals surface area contributed by atoms with Gasteiger partial charge in [0.05, 0.1) is 0 Å². The van der Waals surface area contributed by atoms with Crippen LogP contribution >= 0.6 is 0 Å². The van der Waals surface area contributed by atoms with Crippen molar-refractivity contribution in [1.29, 1.82) is 0 Å². The molecule has 0 spiro atoms. The van der Waals surface area contributed by atoms with Gasteiger partial charge in [-0.3, -0.25) is 4.90 Å². The van der Waals surface area contributed by atoms with Crippen molar-refractivity contribution < 1.29 is 9.53 Å². The molecule has 0 bridgehead atoms. The fraction of sp³-hybridized carbons (Fsp3) is 0.400. The molecular formula is C15H20N2O2. The van der Waals surface area contributed by atoms with Crippen molar-refractivity contribution in [2.24, 2.45) is 0 Å². The second-order valence-electron chi connectivity index (χ2n) is 4.83. The molecular weight excluding hydrogens is 240 g/mol. The molecule has 102 valence electrons. The zero-order valence-electron chi connectivity index (χ0n) is 11.3. The Morgan fingerprint density at radius 3 is 2.79 bits per heavy atom. The number of hydrogen-bond donors (Lipinski definition) is 0. The van der Waals surface area contributed by atoms with Gasteiger partial charge in [0.2, 0.25) is 0 Å². The third-order valence-corrected chi connectivity index (χ3v) is 3.37. The van der Waals surface area contributed by atoms with Crippen LogP contribution in [0.5, 0.6) is 0 Å². The summed E-state index contributed by atoms with van der Waals surface area (Å²) in [4.78, 5) is 15.7. The summed E-state index contributed by atoms with van der Waals surface area (Å²) >= 11 is 0. The predicted octanol–water partition coefficient (Wildman–Crippen LogP) is 2.13. The zero-order chi connectivity index (χ0) is 13.7. The molecule has 1 heterocycles. The van der Waals surface area contributed by atoms with Crippen LogP contribution in [0.25, 0.3) is 0 Å². The molecule has 4 heteroatoms. The second kappa shape index (κ2) is 6.38. The Bertz CT molecular complexity index is 427. The molecule has 1 fully saturated rings. The van der Waals surface area contributed by atoms with E-state index in [2.05, 4.69) is 11.5 Å². The fourth-order valence-corrected chi connectivity index (χ4v) is 2.05. The number of hydrogen-bond acceptors (Lipinski definition) is 3. The van der Waals surface area contributed by atoms with Gasteiger partial charge in [-0.2, -0.15) is 0 Å². The predicted molar refractivity (Wildman–Crippen MR) is 74.8 cm³/mol. The first-order valence-corrected chi connectivity index (χ1v) is 6.47. The lowest BCUT2D eigenvalue weighted by molar-refractivity contribution is 0.0311. The average Bonchev–Trinajstić information content (AvgIpc) is 2.36. The summed E-state index contributed by atoms with van der Waals surface area (Å²) in [6.07, 6.45) is 1.64. The number of rotatable bonds is 5. The van der Waals surface area contributed by atoms with Crippen LogP contribution in [0, 0.1) is 0 Å². The van der Waals surface area contributed by atoms with E-state index in [9.17, 15) is 4.79 Å². The highest BCUT2D eigenvalue weighted by molar-refractivity contribution is 5.68.